The summed E-state index contributed by atoms with van der Waals surface area (Å²) in [7, 11) is -3.03. The molecule has 2 rings (SSSR count). The lowest BCUT2D eigenvalue weighted by Gasteiger charge is -2.35. The molecular formula is C20H26NO3P. The third-order valence-electron chi connectivity index (χ3n) is 4.25. The Labute approximate surface area is 149 Å². The molecule has 0 heterocycles. The van der Waals surface area contributed by atoms with E-state index >= 15 is 0 Å². The number of carbonyl (C=O) groups is 1. The lowest BCUT2D eigenvalue weighted by Crippen LogP contribution is -2.41. The number of benzene rings is 2. The van der Waals surface area contributed by atoms with Crippen molar-refractivity contribution in [3.05, 3.63) is 66.2 Å². The Morgan fingerprint density at radius 3 is 2.04 bits per heavy atom. The third kappa shape index (κ3) is 5.04. The number of aliphatic carboxylic acids is 1. The quantitative estimate of drug-likeness (QED) is 0.717. The van der Waals surface area contributed by atoms with E-state index in [-0.39, 0.29) is 5.92 Å². The van der Waals surface area contributed by atoms with Gasteiger partial charge in [-0.05, 0) is 17.9 Å². The van der Waals surface area contributed by atoms with Crippen molar-refractivity contribution in [2.45, 2.75) is 32.9 Å². The molecule has 2 atom stereocenters. The molecule has 0 aliphatic carbocycles. The normalized spacial score (nSPS) is 15.1. The molecule has 0 saturated carbocycles. The molecule has 5 heteroatoms. The Balaban J connectivity index is 2.47. The lowest BCUT2D eigenvalue weighted by atomic mass is 10.0. The van der Waals surface area contributed by atoms with Gasteiger partial charge in [0.2, 0.25) is 0 Å². The highest BCUT2D eigenvalue weighted by atomic mass is 31.2. The third-order valence-corrected chi connectivity index (χ3v) is 6.91. The van der Waals surface area contributed by atoms with Gasteiger partial charge >= 0.3 is 5.97 Å². The SMILES string of the molecule is CC(C)C[C@H](C(=O)O)N(Cc1ccccc1)P(C)(=O)c1ccccc1. The highest BCUT2D eigenvalue weighted by Crippen LogP contribution is 2.48. The molecule has 1 unspecified atom stereocenters. The van der Waals surface area contributed by atoms with Crippen molar-refractivity contribution in [2.75, 3.05) is 6.66 Å². The summed E-state index contributed by atoms with van der Waals surface area (Å²) in [4.78, 5) is 12.0. The first-order valence-corrected chi connectivity index (χ1v) is 10.6. The molecule has 0 saturated heterocycles. The zero-order valence-electron chi connectivity index (χ0n) is 15.0. The summed E-state index contributed by atoms with van der Waals surface area (Å²) in [6, 6.07) is 18.0. The van der Waals surface area contributed by atoms with Crippen molar-refractivity contribution in [3.8, 4) is 0 Å². The smallest absolute Gasteiger partial charge is 0.321 e. The van der Waals surface area contributed by atoms with Crippen LogP contribution in [0.2, 0.25) is 0 Å². The summed E-state index contributed by atoms with van der Waals surface area (Å²) in [5, 5.41) is 10.5. The van der Waals surface area contributed by atoms with Crippen LogP contribution in [-0.2, 0) is 15.9 Å². The van der Waals surface area contributed by atoms with Gasteiger partial charge in [0.25, 0.3) is 0 Å². The highest BCUT2D eigenvalue weighted by Gasteiger charge is 2.37. The second-order valence-corrected chi connectivity index (χ2v) is 9.57. The molecule has 0 aliphatic heterocycles. The van der Waals surface area contributed by atoms with Gasteiger partial charge in [-0.2, -0.15) is 0 Å². The first-order chi connectivity index (χ1) is 11.8. The topological polar surface area (TPSA) is 57.6 Å². The molecule has 0 aromatic heterocycles. The summed E-state index contributed by atoms with van der Waals surface area (Å²) in [6.45, 7) is 5.98. The standard InChI is InChI=1S/C20H26NO3P/c1-16(2)14-19(20(22)23)21(15-17-10-6-4-7-11-17)25(3,24)18-12-8-5-9-13-18/h4-13,16,19H,14-15H2,1-3H3,(H,22,23)/t19-,25?/m1/s1. The summed E-state index contributed by atoms with van der Waals surface area (Å²) in [5.74, 6) is -0.738. The van der Waals surface area contributed by atoms with E-state index < -0.39 is 19.3 Å². The van der Waals surface area contributed by atoms with Crippen molar-refractivity contribution in [2.24, 2.45) is 5.92 Å². The average molecular weight is 359 g/mol. The average Bonchev–Trinajstić information content (AvgIpc) is 2.59. The lowest BCUT2D eigenvalue weighted by molar-refractivity contribution is -0.142. The van der Waals surface area contributed by atoms with Gasteiger partial charge in [0.15, 0.2) is 7.29 Å². The molecular weight excluding hydrogens is 333 g/mol. The number of nitrogens with zero attached hydrogens (tertiary/aromatic N) is 1. The minimum absolute atomic E-state index is 0.190. The predicted octanol–water partition coefficient (Wildman–Crippen LogP) is 4.22. The van der Waals surface area contributed by atoms with Crippen LogP contribution in [0.15, 0.2) is 60.7 Å². The maximum Gasteiger partial charge on any atom is 0.321 e. The molecule has 0 amide bonds. The molecule has 2 aromatic carbocycles. The van der Waals surface area contributed by atoms with Crippen LogP contribution >= 0.6 is 7.29 Å². The van der Waals surface area contributed by atoms with Crippen LogP contribution < -0.4 is 5.30 Å². The van der Waals surface area contributed by atoms with Crippen LogP contribution in [0.3, 0.4) is 0 Å². The van der Waals surface area contributed by atoms with Crippen LogP contribution in [0.4, 0.5) is 0 Å². The Bertz CT molecular complexity index is 731. The molecule has 0 radical (unpaired) electrons. The fourth-order valence-electron chi connectivity index (χ4n) is 2.93. The van der Waals surface area contributed by atoms with Gasteiger partial charge in [-0.1, -0.05) is 74.5 Å². The van der Waals surface area contributed by atoms with Gasteiger partial charge in [-0.25, -0.2) is 4.67 Å². The molecule has 4 nitrogen and oxygen atoms in total. The van der Waals surface area contributed by atoms with E-state index in [4.69, 9.17) is 0 Å². The first-order valence-electron chi connectivity index (χ1n) is 8.49. The van der Waals surface area contributed by atoms with Crippen LogP contribution in [0.1, 0.15) is 25.8 Å². The number of carboxylic acids is 1. The van der Waals surface area contributed by atoms with Crippen LogP contribution in [0.5, 0.6) is 0 Å². The van der Waals surface area contributed by atoms with Crippen molar-refractivity contribution < 1.29 is 14.5 Å². The van der Waals surface area contributed by atoms with Crippen LogP contribution in [0.25, 0.3) is 0 Å². The molecule has 25 heavy (non-hydrogen) atoms. The van der Waals surface area contributed by atoms with E-state index in [2.05, 4.69) is 0 Å². The predicted molar refractivity (Wildman–Crippen MR) is 102 cm³/mol. The monoisotopic (exact) mass is 359 g/mol. The molecule has 0 aliphatic rings. The van der Waals surface area contributed by atoms with Crippen LogP contribution in [-0.4, -0.2) is 28.5 Å². The Morgan fingerprint density at radius 2 is 1.56 bits per heavy atom. The van der Waals surface area contributed by atoms with Crippen molar-refractivity contribution in [3.63, 3.8) is 0 Å². The van der Waals surface area contributed by atoms with Crippen molar-refractivity contribution in [1.82, 2.24) is 4.67 Å². The molecule has 0 bridgehead atoms. The second kappa shape index (κ2) is 8.46. The van der Waals surface area contributed by atoms with Crippen molar-refractivity contribution in [1.29, 1.82) is 0 Å². The minimum Gasteiger partial charge on any atom is -0.480 e. The van der Waals surface area contributed by atoms with Gasteiger partial charge in [0.1, 0.15) is 6.04 Å². The number of carboxylic acid groups (broad SMARTS) is 1. The van der Waals surface area contributed by atoms with Crippen LogP contribution in [0, 0.1) is 5.92 Å². The number of rotatable bonds is 8. The molecule has 0 fully saturated rings. The molecule has 134 valence electrons. The Hall–Kier alpha value is -1.90. The fourth-order valence-corrected chi connectivity index (χ4v) is 5.11. The van der Waals surface area contributed by atoms with Gasteiger partial charge in [0, 0.05) is 18.5 Å². The first kappa shape index (κ1) is 19.4. The summed E-state index contributed by atoms with van der Waals surface area (Å²) < 4.78 is 15.4. The second-order valence-electron chi connectivity index (χ2n) is 6.78. The van der Waals surface area contributed by atoms with Gasteiger partial charge in [-0.15, -0.1) is 0 Å². The van der Waals surface area contributed by atoms with E-state index in [0.717, 1.165) is 5.56 Å². The van der Waals surface area contributed by atoms with E-state index in [9.17, 15) is 14.5 Å². The van der Waals surface area contributed by atoms with Gasteiger partial charge in [0.05, 0.1) is 0 Å². The van der Waals surface area contributed by atoms with E-state index in [0.29, 0.717) is 18.3 Å². The van der Waals surface area contributed by atoms with E-state index in [1.165, 1.54) is 0 Å². The minimum atomic E-state index is -3.03. The van der Waals surface area contributed by atoms with Crippen molar-refractivity contribution >= 4 is 18.6 Å². The zero-order chi connectivity index (χ0) is 18.4. The molecule has 2 aromatic rings. The summed E-state index contributed by atoms with van der Waals surface area (Å²) in [6.07, 6.45) is 0.451. The number of hydrogen-bond donors (Lipinski definition) is 1. The largest absolute Gasteiger partial charge is 0.480 e. The number of hydrogen-bond acceptors (Lipinski definition) is 2. The van der Waals surface area contributed by atoms with Gasteiger partial charge in [-0.3, -0.25) is 4.79 Å². The Kier molecular flexibility index (Phi) is 6.57. The molecule has 1 N–H and O–H groups in total. The summed E-state index contributed by atoms with van der Waals surface area (Å²) >= 11 is 0. The fraction of sp³-hybridized carbons (Fsp3) is 0.350. The van der Waals surface area contributed by atoms with E-state index in [1.54, 1.807) is 11.3 Å². The maximum absolute atomic E-state index is 13.7. The maximum atomic E-state index is 13.7. The highest BCUT2D eigenvalue weighted by molar-refractivity contribution is 7.68. The molecule has 0 spiro atoms. The van der Waals surface area contributed by atoms with Gasteiger partial charge < -0.3 is 9.67 Å². The summed E-state index contributed by atoms with van der Waals surface area (Å²) in [5.41, 5.74) is 0.954. The Morgan fingerprint density at radius 1 is 1.04 bits per heavy atom. The zero-order valence-corrected chi connectivity index (χ0v) is 15.9. The van der Waals surface area contributed by atoms with E-state index in [1.807, 2.05) is 74.5 Å².